The molecule has 0 atom stereocenters. The van der Waals surface area contributed by atoms with Crippen molar-refractivity contribution in [1.82, 2.24) is 0 Å². The van der Waals surface area contributed by atoms with Crippen molar-refractivity contribution < 1.29 is 43.2 Å². The normalized spacial score (nSPS) is 17.1. The van der Waals surface area contributed by atoms with Gasteiger partial charge in [0.25, 0.3) is 0 Å². The van der Waals surface area contributed by atoms with Crippen LogP contribution in [0.3, 0.4) is 0 Å². The Bertz CT molecular complexity index is 839. The molecule has 0 amide bonds. The number of esters is 3. The number of carbonyl (C=O) groups is 4. The van der Waals surface area contributed by atoms with Crippen LogP contribution in [0.5, 0.6) is 11.5 Å². The van der Waals surface area contributed by atoms with Crippen LogP contribution in [-0.2, 0) is 28.7 Å². The summed E-state index contributed by atoms with van der Waals surface area (Å²) in [6.45, 7) is 4.13. The molecule has 2 rings (SSSR count). The maximum absolute atomic E-state index is 12.3. The van der Waals surface area contributed by atoms with Gasteiger partial charge in [0.1, 0.15) is 18.1 Å². The van der Waals surface area contributed by atoms with E-state index in [9.17, 15) is 19.2 Å². The molecule has 1 aliphatic rings. The Hall–Kier alpha value is -3.36. The van der Waals surface area contributed by atoms with E-state index in [-0.39, 0.29) is 30.8 Å². The second kappa shape index (κ2) is 15.5. The third-order valence-corrected chi connectivity index (χ3v) is 5.74. The first-order chi connectivity index (χ1) is 16.9. The van der Waals surface area contributed by atoms with Crippen LogP contribution < -0.4 is 9.47 Å². The Morgan fingerprint density at radius 1 is 0.829 bits per heavy atom. The third-order valence-electron chi connectivity index (χ3n) is 5.74. The van der Waals surface area contributed by atoms with E-state index in [1.807, 2.05) is 0 Å². The maximum atomic E-state index is 12.3. The van der Waals surface area contributed by atoms with Crippen LogP contribution in [0.4, 0.5) is 0 Å². The summed E-state index contributed by atoms with van der Waals surface area (Å²) in [7, 11) is 0. The van der Waals surface area contributed by atoms with Crippen LogP contribution >= 0.6 is 0 Å². The van der Waals surface area contributed by atoms with Crippen molar-refractivity contribution in [2.45, 2.75) is 57.8 Å². The van der Waals surface area contributed by atoms with Gasteiger partial charge in [0.05, 0.1) is 31.5 Å². The molecule has 0 saturated heterocycles. The lowest BCUT2D eigenvalue weighted by Crippen LogP contribution is -2.28. The smallest absolute Gasteiger partial charge is 0.330 e. The summed E-state index contributed by atoms with van der Waals surface area (Å²) >= 11 is 0. The zero-order valence-electron chi connectivity index (χ0n) is 19.9. The molecule has 0 spiro atoms. The van der Waals surface area contributed by atoms with E-state index in [1.165, 1.54) is 0 Å². The third kappa shape index (κ3) is 11.1. The van der Waals surface area contributed by atoms with Gasteiger partial charge in [-0.25, -0.2) is 4.79 Å². The molecular formula is C26H34O9. The first kappa shape index (κ1) is 27.9. The molecule has 1 saturated carbocycles. The number of carbonyl (C=O) groups excluding carboxylic acids is 3. The van der Waals surface area contributed by atoms with Crippen molar-refractivity contribution in [3.63, 3.8) is 0 Å². The standard InChI is InChI=1S/C26H34O9/c1-2-23(27)34-18-15-24(28)33-17-6-4-3-5-16-32-21-11-13-22(14-12-21)35-26(31)20-9-7-19(8-10-20)25(29)30/h2,11-14,19-20H,1,3-10,15-18H2,(H,29,30)/t19-,20-. The van der Waals surface area contributed by atoms with Gasteiger partial charge >= 0.3 is 23.9 Å². The fraction of sp³-hybridized carbons (Fsp3) is 0.538. The Labute approximate surface area is 205 Å². The van der Waals surface area contributed by atoms with Gasteiger partial charge in [-0.2, -0.15) is 0 Å². The molecule has 0 heterocycles. The van der Waals surface area contributed by atoms with E-state index in [2.05, 4.69) is 6.58 Å². The average Bonchev–Trinajstić information content (AvgIpc) is 2.86. The number of hydrogen-bond donors (Lipinski definition) is 1. The average molecular weight is 491 g/mol. The number of aliphatic carboxylic acids is 1. The molecule has 1 N–H and O–H groups in total. The number of hydrogen-bond acceptors (Lipinski definition) is 8. The fourth-order valence-electron chi connectivity index (χ4n) is 3.68. The summed E-state index contributed by atoms with van der Waals surface area (Å²) in [6.07, 6.45) is 6.56. The maximum Gasteiger partial charge on any atom is 0.330 e. The molecule has 0 unspecified atom stereocenters. The number of carboxylic acids is 1. The molecule has 9 heteroatoms. The van der Waals surface area contributed by atoms with E-state index in [4.69, 9.17) is 24.1 Å². The van der Waals surface area contributed by atoms with Crippen molar-refractivity contribution in [2.75, 3.05) is 19.8 Å². The molecule has 0 aromatic heterocycles. The van der Waals surface area contributed by atoms with Gasteiger partial charge in [-0.3, -0.25) is 14.4 Å². The summed E-state index contributed by atoms with van der Waals surface area (Å²) in [5.74, 6) is -1.57. The van der Waals surface area contributed by atoms with Crippen LogP contribution in [0.2, 0.25) is 0 Å². The molecule has 1 aromatic carbocycles. The summed E-state index contributed by atoms with van der Waals surface area (Å²) in [4.78, 5) is 45.7. The van der Waals surface area contributed by atoms with Crippen molar-refractivity contribution in [2.24, 2.45) is 11.8 Å². The highest BCUT2D eigenvalue weighted by molar-refractivity contribution is 5.81. The Morgan fingerprint density at radius 3 is 2.06 bits per heavy atom. The van der Waals surface area contributed by atoms with Crippen LogP contribution in [0.15, 0.2) is 36.9 Å². The molecule has 1 aromatic rings. The SMILES string of the molecule is C=CC(=O)OCCC(=O)OCCCCCCOc1ccc(OC(=O)[C@H]2CC[C@H](C(=O)O)CC2)cc1. The van der Waals surface area contributed by atoms with E-state index < -0.39 is 17.9 Å². The second-order valence-corrected chi connectivity index (χ2v) is 8.38. The summed E-state index contributed by atoms with van der Waals surface area (Å²) in [5, 5.41) is 9.05. The van der Waals surface area contributed by atoms with E-state index >= 15 is 0 Å². The number of rotatable bonds is 15. The molecule has 1 aliphatic carbocycles. The van der Waals surface area contributed by atoms with Crippen molar-refractivity contribution in [3.8, 4) is 11.5 Å². The lowest BCUT2D eigenvalue weighted by molar-refractivity contribution is -0.147. The molecule has 0 aliphatic heterocycles. The second-order valence-electron chi connectivity index (χ2n) is 8.38. The van der Waals surface area contributed by atoms with Crippen LogP contribution in [0, 0.1) is 11.8 Å². The van der Waals surface area contributed by atoms with Gasteiger partial charge in [-0.15, -0.1) is 0 Å². The first-order valence-electron chi connectivity index (χ1n) is 12.0. The molecule has 192 valence electrons. The molecule has 0 bridgehead atoms. The van der Waals surface area contributed by atoms with Gasteiger partial charge in [-0.1, -0.05) is 6.58 Å². The molecule has 1 fully saturated rings. The monoisotopic (exact) mass is 490 g/mol. The molecule has 0 radical (unpaired) electrons. The Morgan fingerprint density at radius 2 is 1.43 bits per heavy atom. The summed E-state index contributed by atoms with van der Waals surface area (Å²) in [6, 6.07) is 6.86. The minimum atomic E-state index is -0.796. The Balaban J connectivity index is 1.51. The largest absolute Gasteiger partial charge is 0.494 e. The van der Waals surface area contributed by atoms with Gasteiger partial charge in [-0.05, 0) is 75.6 Å². The summed E-state index contributed by atoms with van der Waals surface area (Å²) < 4.78 is 20.9. The molecule has 35 heavy (non-hydrogen) atoms. The minimum Gasteiger partial charge on any atom is -0.494 e. The highest BCUT2D eigenvalue weighted by atomic mass is 16.5. The highest BCUT2D eigenvalue weighted by Crippen LogP contribution is 2.30. The number of unbranched alkanes of at least 4 members (excludes halogenated alkanes) is 3. The van der Waals surface area contributed by atoms with E-state index in [1.54, 1.807) is 24.3 Å². The number of benzene rings is 1. The van der Waals surface area contributed by atoms with Crippen LogP contribution in [0.1, 0.15) is 57.8 Å². The van der Waals surface area contributed by atoms with Gasteiger partial charge in [0.2, 0.25) is 0 Å². The predicted octanol–water partition coefficient (Wildman–Crippen LogP) is 4.08. The minimum absolute atomic E-state index is 0.0140. The van der Waals surface area contributed by atoms with Crippen LogP contribution in [-0.4, -0.2) is 48.8 Å². The first-order valence-corrected chi connectivity index (χ1v) is 12.0. The van der Waals surface area contributed by atoms with Gasteiger partial charge in [0.15, 0.2) is 0 Å². The Kier molecular flexibility index (Phi) is 12.4. The van der Waals surface area contributed by atoms with Crippen molar-refractivity contribution >= 4 is 23.9 Å². The number of carboxylic acid groups (broad SMARTS) is 1. The topological polar surface area (TPSA) is 125 Å². The highest BCUT2D eigenvalue weighted by Gasteiger charge is 2.30. The predicted molar refractivity (Wildman–Crippen MR) is 126 cm³/mol. The van der Waals surface area contributed by atoms with Crippen LogP contribution in [0.25, 0.3) is 0 Å². The quantitative estimate of drug-likeness (QED) is 0.167. The van der Waals surface area contributed by atoms with Gasteiger partial charge < -0.3 is 24.1 Å². The van der Waals surface area contributed by atoms with Crippen molar-refractivity contribution in [1.29, 1.82) is 0 Å². The van der Waals surface area contributed by atoms with E-state index in [0.29, 0.717) is 50.4 Å². The number of ether oxygens (including phenoxy) is 4. The lowest BCUT2D eigenvalue weighted by Gasteiger charge is -2.24. The molecule has 9 nitrogen and oxygen atoms in total. The zero-order chi connectivity index (χ0) is 25.5. The van der Waals surface area contributed by atoms with Crippen molar-refractivity contribution in [3.05, 3.63) is 36.9 Å². The van der Waals surface area contributed by atoms with E-state index in [0.717, 1.165) is 31.8 Å². The zero-order valence-corrected chi connectivity index (χ0v) is 19.9. The van der Waals surface area contributed by atoms with Gasteiger partial charge in [0, 0.05) is 6.08 Å². The molecular weight excluding hydrogens is 456 g/mol. The lowest BCUT2D eigenvalue weighted by atomic mass is 9.82. The fourth-order valence-corrected chi connectivity index (χ4v) is 3.68. The summed E-state index contributed by atoms with van der Waals surface area (Å²) in [5.41, 5.74) is 0.